The van der Waals surface area contributed by atoms with E-state index in [1.165, 1.54) is 44.9 Å². The lowest BCUT2D eigenvalue weighted by atomic mass is 10.1. The molecule has 1 aromatic rings. The maximum atomic E-state index is 12.0. The standard InChI is InChI=1S/C20H34N2O2S/c1-3-4-5-6-7-8-9-10-11-15-18-25(23,24)22-21-19(2)20-16-13-12-14-17-20/h12-14,16-17,22H,3-11,15,18H2,1-2H3/b21-19+. The van der Waals surface area contributed by atoms with Crippen molar-refractivity contribution in [3.63, 3.8) is 0 Å². The maximum absolute atomic E-state index is 12.0. The van der Waals surface area contributed by atoms with Crippen LogP contribution in [0.5, 0.6) is 0 Å². The number of nitrogens with zero attached hydrogens (tertiary/aromatic N) is 1. The van der Waals surface area contributed by atoms with Gasteiger partial charge in [-0.1, -0.05) is 95.0 Å². The fourth-order valence-corrected chi connectivity index (χ4v) is 3.66. The van der Waals surface area contributed by atoms with Crippen LogP contribution in [0, 0.1) is 0 Å². The Balaban J connectivity index is 2.13. The average Bonchev–Trinajstić information content (AvgIpc) is 2.62. The molecule has 0 unspecified atom stereocenters. The summed E-state index contributed by atoms with van der Waals surface area (Å²) in [4.78, 5) is 2.35. The van der Waals surface area contributed by atoms with Crippen molar-refractivity contribution in [3.05, 3.63) is 35.9 Å². The minimum atomic E-state index is -3.33. The molecule has 0 aliphatic carbocycles. The fraction of sp³-hybridized carbons (Fsp3) is 0.650. The second-order valence-electron chi connectivity index (χ2n) is 6.66. The summed E-state index contributed by atoms with van der Waals surface area (Å²) in [6.45, 7) is 4.04. The first kappa shape index (κ1) is 21.7. The van der Waals surface area contributed by atoms with E-state index in [0.29, 0.717) is 12.1 Å². The first-order valence-electron chi connectivity index (χ1n) is 9.64. The van der Waals surface area contributed by atoms with Crippen molar-refractivity contribution in [2.45, 2.75) is 78.1 Å². The monoisotopic (exact) mass is 366 g/mol. The van der Waals surface area contributed by atoms with Crippen LogP contribution in [0.2, 0.25) is 0 Å². The van der Waals surface area contributed by atoms with Gasteiger partial charge < -0.3 is 0 Å². The summed E-state index contributed by atoms with van der Waals surface area (Å²) in [5.41, 5.74) is 1.59. The van der Waals surface area contributed by atoms with Crippen LogP contribution in [0.25, 0.3) is 0 Å². The van der Waals surface area contributed by atoms with Crippen LogP contribution in [-0.2, 0) is 10.0 Å². The molecule has 1 aromatic carbocycles. The van der Waals surface area contributed by atoms with Crippen molar-refractivity contribution in [2.75, 3.05) is 5.75 Å². The number of hydrazone groups is 1. The molecular weight excluding hydrogens is 332 g/mol. The molecule has 142 valence electrons. The average molecular weight is 367 g/mol. The molecule has 0 aliphatic rings. The molecule has 0 saturated carbocycles. The van der Waals surface area contributed by atoms with Crippen molar-refractivity contribution >= 4 is 15.7 Å². The quantitative estimate of drug-likeness (QED) is 0.278. The Hall–Kier alpha value is -1.36. The first-order valence-corrected chi connectivity index (χ1v) is 11.3. The first-order chi connectivity index (χ1) is 12.0. The van der Waals surface area contributed by atoms with E-state index in [0.717, 1.165) is 18.4 Å². The molecule has 0 aromatic heterocycles. The molecule has 0 bridgehead atoms. The summed E-state index contributed by atoms with van der Waals surface area (Å²) in [5, 5.41) is 4.01. The molecule has 0 atom stereocenters. The predicted molar refractivity (Wildman–Crippen MR) is 107 cm³/mol. The lowest BCUT2D eigenvalue weighted by Gasteiger charge is -2.06. The molecule has 0 saturated heterocycles. The summed E-state index contributed by atoms with van der Waals surface area (Å²) in [6.07, 6.45) is 11.9. The number of nitrogens with one attached hydrogen (secondary N) is 1. The topological polar surface area (TPSA) is 58.5 Å². The summed E-state index contributed by atoms with van der Waals surface area (Å²) in [5.74, 6) is 0.148. The molecule has 0 spiro atoms. The number of hydrogen-bond donors (Lipinski definition) is 1. The Bertz CT molecular complexity index is 583. The minimum Gasteiger partial charge on any atom is -0.205 e. The smallest absolute Gasteiger partial charge is 0.205 e. The van der Waals surface area contributed by atoms with Gasteiger partial charge in [-0.05, 0) is 18.9 Å². The Morgan fingerprint density at radius 1 is 0.880 bits per heavy atom. The van der Waals surface area contributed by atoms with Gasteiger partial charge in [0.1, 0.15) is 0 Å². The molecule has 0 radical (unpaired) electrons. The lowest BCUT2D eigenvalue weighted by Crippen LogP contribution is -2.22. The van der Waals surface area contributed by atoms with E-state index in [2.05, 4.69) is 16.9 Å². The Kier molecular flexibility index (Phi) is 11.2. The van der Waals surface area contributed by atoms with Crippen LogP contribution in [0.4, 0.5) is 0 Å². The van der Waals surface area contributed by atoms with Gasteiger partial charge >= 0.3 is 0 Å². The van der Waals surface area contributed by atoms with E-state index < -0.39 is 10.0 Å². The largest absolute Gasteiger partial charge is 0.247 e. The third kappa shape index (κ3) is 11.0. The summed E-state index contributed by atoms with van der Waals surface area (Å²) in [7, 11) is -3.33. The molecule has 1 rings (SSSR count). The second kappa shape index (κ2) is 12.9. The van der Waals surface area contributed by atoms with Gasteiger partial charge in [-0.15, -0.1) is 0 Å². The predicted octanol–water partition coefficient (Wildman–Crippen LogP) is 5.25. The zero-order valence-electron chi connectivity index (χ0n) is 15.8. The molecule has 5 heteroatoms. The molecule has 0 aliphatic heterocycles. The van der Waals surface area contributed by atoms with Crippen molar-refractivity contribution in [3.8, 4) is 0 Å². The minimum absolute atomic E-state index is 0.148. The number of unbranched alkanes of at least 4 members (excludes halogenated alkanes) is 9. The number of rotatable bonds is 14. The molecular formula is C20H34N2O2S. The van der Waals surface area contributed by atoms with Gasteiger partial charge in [-0.3, -0.25) is 0 Å². The Morgan fingerprint density at radius 3 is 1.96 bits per heavy atom. The van der Waals surface area contributed by atoms with E-state index >= 15 is 0 Å². The van der Waals surface area contributed by atoms with E-state index in [4.69, 9.17) is 0 Å². The Labute approximate surface area is 154 Å². The highest BCUT2D eigenvalue weighted by molar-refractivity contribution is 7.89. The highest BCUT2D eigenvalue weighted by atomic mass is 32.2. The molecule has 4 nitrogen and oxygen atoms in total. The highest BCUT2D eigenvalue weighted by Gasteiger charge is 2.08. The fourth-order valence-electron chi connectivity index (χ4n) is 2.71. The zero-order chi connectivity index (χ0) is 18.4. The van der Waals surface area contributed by atoms with Crippen molar-refractivity contribution < 1.29 is 8.42 Å². The lowest BCUT2D eigenvalue weighted by molar-refractivity contribution is 0.555. The van der Waals surface area contributed by atoms with Gasteiger partial charge in [0, 0.05) is 0 Å². The van der Waals surface area contributed by atoms with Crippen LogP contribution in [0.1, 0.15) is 83.6 Å². The van der Waals surface area contributed by atoms with Crippen molar-refractivity contribution in [1.29, 1.82) is 0 Å². The van der Waals surface area contributed by atoms with Gasteiger partial charge in [0.25, 0.3) is 0 Å². The van der Waals surface area contributed by atoms with Crippen LogP contribution in [0.15, 0.2) is 35.4 Å². The third-order valence-electron chi connectivity index (χ3n) is 4.31. The van der Waals surface area contributed by atoms with Crippen LogP contribution >= 0.6 is 0 Å². The molecule has 0 heterocycles. The normalized spacial score (nSPS) is 12.3. The second-order valence-corrected chi connectivity index (χ2v) is 8.48. The summed E-state index contributed by atoms with van der Waals surface area (Å²) < 4.78 is 24.0. The van der Waals surface area contributed by atoms with E-state index in [-0.39, 0.29) is 5.75 Å². The summed E-state index contributed by atoms with van der Waals surface area (Å²) >= 11 is 0. The molecule has 25 heavy (non-hydrogen) atoms. The maximum Gasteiger partial charge on any atom is 0.247 e. The number of benzene rings is 1. The number of sulfonamides is 1. The van der Waals surface area contributed by atoms with Crippen molar-refractivity contribution in [2.24, 2.45) is 5.10 Å². The van der Waals surface area contributed by atoms with Gasteiger partial charge in [-0.25, -0.2) is 13.2 Å². The van der Waals surface area contributed by atoms with E-state index in [1.54, 1.807) is 6.92 Å². The number of hydrogen-bond acceptors (Lipinski definition) is 3. The molecule has 0 amide bonds. The van der Waals surface area contributed by atoms with Crippen molar-refractivity contribution in [1.82, 2.24) is 4.83 Å². The van der Waals surface area contributed by atoms with E-state index in [9.17, 15) is 8.42 Å². The van der Waals surface area contributed by atoms with Gasteiger partial charge in [-0.2, -0.15) is 5.10 Å². The van der Waals surface area contributed by atoms with Crippen LogP contribution < -0.4 is 4.83 Å². The van der Waals surface area contributed by atoms with Gasteiger partial charge in [0.05, 0.1) is 11.5 Å². The van der Waals surface area contributed by atoms with Gasteiger partial charge in [0.2, 0.25) is 10.0 Å². The zero-order valence-corrected chi connectivity index (χ0v) is 16.7. The third-order valence-corrected chi connectivity index (χ3v) is 5.51. The molecule has 1 N–H and O–H groups in total. The van der Waals surface area contributed by atoms with E-state index in [1.807, 2.05) is 30.3 Å². The SMILES string of the molecule is CCCCCCCCCCCCS(=O)(=O)N/N=C(\C)c1ccccc1. The summed E-state index contributed by atoms with van der Waals surface area (Å²) in [6, 6.07) is 9.57. The highest BCUT2D eigenvalue weighted by Crippen LogP contribution is 2.11. The Morgan fingerprint density at radius 2 is 1.40 bits per heavy atom. The molecule has 0 fully saturated rings. The van der Waals surface area contributed by atoms with Gasteiger partial charge in [0.15, 0.2) is 0 Å². The van der Waals surface area contributed by atoms with Crippen LogP contribution in [0.3, 0.4) is 0 Å². The van der Waals surface area contributed by atoms with Crippen LogP contribution in [-0.4, -0.2) is 19.9 Å².